The highest BCUT2D eigenvalue weighted by molar-refractivity contribution is 7.68. The molecule has 0 aromatic heterocycles. The Labute approximate surface area is 157 Å². The first-order chi connectivity index (χ1) is 12.7. The van der Waals surface area contributed by atoms with E-state index >= 15 is 0 Å². The van der Waals surface area contributed by atoms with E-state index in [1.165, 1.54) is 21.7 Å². The van der Waals surface area contributed by atoms with Gasteiger partial charge in [-0.25, -0.2) is 0 Å². The van der Waals surface area contributed by atoms with E-state index in [-0.39, 0.29) is 6.10 Å². The zero-order chi connectivity index (χ0) is 17.9. The van der Waals surface area contributed by atoms with Crippen LogP contribution in [0.25, 0.3) is 0 Å². The van der Waals surface area contributed by atoms with Gasteiger partial charge in [-0.3, -0.25) is 0 Å². The number of hydrogen-bond donors (Lipinski definition) is 0. The Kier molecular flexibility index (Phi) is 5.17. The van der Waals surface area contributed by atoms with Crippen LogP contribution < -0.4 is 10.6 Å². The van der Waals surface area contributed by atoms with Gasteiger partial charge in [0.15, 0.2) is 0 Å². The number of fused-ring (bicyclic) bond motifs is 1. The lowest BCUT2D eigenvalue weighted by atomic mass is 10.1. The van der Waals surface area contributed by atoms with Crippen molar-refractivity contribution < 1.29 is 4.52 Å². The normalized spacial score (nSPS) is 19.1. The summed E-state index contributed by atoms with van der Waals surface area (Å²) < 4.78 is 6.86. The van der Waals surface area contributed by atoms with Gasteiger partial charge in [-0.2, -0.15) is 0 Å². The summed E-state index contributed by atoms with van der Waals surface area (Å²) in [7, 11) is 3.46. The van der Waals surface area contributed by atoms with Gasteiger partial charge in [0, 0.05) is 17.0 Å². The highest BCUT2D eigenvalue weighted by Gasteiger charge is 2.36. The molecular formula is C23H24NOP. The lowest BCUT2D eigenvalue weighted by Gasteiger charge is -2.30. The Morgan fingerprint density at radius 2 is 1.31 bits per heavy atom. The van der Waals surface area contributed by atoms with Gasteiger partial charge in [0.1, 0.15) is 0 Å². The molecule has 0 aliphatic heterocycles. The zero-order valence-corrected chi connectivity index (χ0v) is 16.1. The number of likely N-dealkylation sites (N-methyl/N-ethyl adjacent to an activating group) is 1. The summed E-state index contributed by atoms with van der Waals surface area (Å²) in [5, 5.41) is 2.53. The van der Waals surface area contributed by atoms with E-state index in [0.29, 0.717) is 6.04 Å². The molecule has 0 radical (unpaired) electrons. The van der Waals surface area contributed by atoms with Crippen LogP contribution in [-0.4, -0.2) is 25.1 Å². The second kappa shape index (κ2) is 7.72. The molecule has 0 heterocycles. The SMILES string of the molecule is CN(C)[C@H]1c2ccccc2C[C@H]1OP(c1ccccc1)c1ccccc1. The van der Waals surface area contributed by atoms with Gasteiger partial charge in [-0.15, -0.1) is 0 Å². The van der Waals surface area contributed by atoms with E-state index < -0.39 is 8.15 Å². The van der Waals surface area contributed by atoms with Crippen molar-refractivity contribution in [3.8, 4) is 0 Å². The average molecular weight is 361 g/mol. The van der Waals surface area contributed by atoms with Gasteiger partial charge in [0.05, 0.1) is 20.3 Å². The third kappa shape index (κ3) is 3.46. The van der Waals surface area contributed by atoms with Crippen molar-refractivity contribution >= 4 is 18.8 Å². The molecule has 26 heavy (non-hydrogen) atoms. The van der Waals surface area contributed by atoms with Gasteiger partial charge in [0.2, 0.25) is 0 Å². The molecule has 0 fully saturated rings. The Morgan fingerprint density at radius 1 is 0.769 bits per heavy atom. The first kappa shape index (κ1) is 17.4. The quantitative estimate of drug-likeness (QED) is 0.629. The average Bonchev–Trinajstić information content (AvgIpc) is 3.06. The molecule has 0 saturated heterocycles. The van der Waals surface area contributed by atoms with E-state index in [1.807, 2.05) is 0 Å². The van der Waals surface area contributed by atoms with Gasteiger partial charge >= 0.3 is 0 Å². The standard InChI is InChI=1S/C23H24NOP/c1-24(2)23-21-16-10-9-11-18(21)17-22(23)25-26(19-12-5-3-6-13-19)20-14-7-4-8-15-20/h3-16,22-23H,17H2,1-2H3/t22-,23+/m1/s1. The number of hydrogen-bond acceptors (Lipinski definition) is 2. The Morgan fingerprint density at radius 3 is 1.88 bits per heavy atom. The largest absolute Gasteiger partial charge is 0.344 e. The molecule has 0 saturated carbocycles. The van der Waals surface area contributed by atoms with E-state index in [2.05, 4.69) is 104 Å². The minimum Gasteiger partial charge on any atom is -0.344 e. The third-order valence-corrected chi connectivity index (χ3v) is 6.94. The minimum absolute atomic E-state index is 0.161. The first-order valence-corrected chi connectivity index (χ1v) is 10.3. The summed E-state index contributed by atoms with van der Waals surface area (Å²) in [4.78, 5) is 2.29. The van der Waals surface area contributed by atoms with Crippen molar-refractivity contribution in [2.45, 2.75) is 18.6 Å². The van der Waals surface area contributed by atoms with E-state index in [1.54, 1.807) is 0 Å². The maximum atomic E-state index is 6.86. The molecule has 0 spiro atoms. The molecule has 0 bridgehead atoms. The smallest absolute Gasteiger partial charge is 0.0922 e. The Balaban J connectivity index is 1.68. The fourth-order valence-corrected chi connectivity index (χ4v) is 5.66. The van der Waals surface area contributed by atoms with Crippen molar-refractivity contribution in [1.29, 1.82) is 0 Å². The molecule has 1 aliphatic carbocycles. The molecule has 0 N–H and O–H groups in total. The molecule has 0 amide bonds. The number of rotatable bonds is 5. The lowest BCUT2D eigenvalue weighted by Crippen LogP contribution is -2.31. The zero-order valence-electron chi connectivity index (χ0n) is 15.2. The summed E-state index contributed by atoms with van der Waals surface area (Å²) in [6.45, 7) is 0. The predicted octanol–water partition coefficient (Wildman–Crippen LogP) is 4.28. The fraction of sp³-hybridized carbons (Fsp3) is 0.217. The number of benzene rings is 3. The molecular weight excluding hydrogens is 337 g/mol. The molecule has 3 aromatic rings. The first-order valence-electron chi connectivity index (χ1n) is 9.05. The van der Waals surface area contributed by atoms with Crippen LogP contribution in [-0.2, 0) is 10.9 Å². The summed E-state index contributed by atoms with van der Waals surface area (Å²) in [5.41, 5.74) is 2.81. The maximum Gasteiger partial charge on any atom is 0.0922 e. The van der Waals surface area contributed by atoms with E-state index in [9.17, 15) is 0 Å². The molecule has 4 rings (SSSR count). The fourth-order valence-electron chi connectivity index (χ4n) is 3.78. The van der Waals surface area contributed by atoms with Gasteiger partial charge in [0.25, 0.3) is 0 Å². The monoisotopic (exact) mass is 361 g/mol. The summed E-state index contributed by atoms with van der Waals surface area (Å²) >= 11 is 0. The second-order valence-corrected chi connectivity index (χ2v) is 8.75. The van der Waals surface area contributed by atoms with Crippen molar-refractivity contribution in [3.05, 3.63) is 96.1 Å². The highest BCUT2D eigenvalue weighted by Crippen LogP contribution is 2.45. The van der Waals surface area contributed by atoms with Crippen LogP contribution in [0, 0.1) is 0 Å². The highest BCUT2D eigenvalue weighted by atomic mass is 31.1. The van der Waals surface area contributed by atoms with E-state index in [0.717, 1.165) is 6.42 Å². The van der Waals surface area contributed by atoms with Crippen LogP contribution in [0.4, 0.5) is 0 Å². The Hall–Kier alpha value is -1.99. The van der Waals surface area contributed by atoms with Gasteiger partial charge in [-0.05, 0) is 25.2 Å². The Bertz CT molecular complexity index is 811. The molecule has 0 unspecified atom stereocenters. The van der Waals surface area contributed by atoms with Crippen LogP contribution in [0.5, 0.6) is 0 Å². The molecule has 3 aromatic carbocycles. The van der Waals surface area contributed by atoms with Gasteiger partial charge < -0.3 is 9.42 Å². The topological polar surface area (TPSA) is 12.5 Å². The minimum atomic E-state index is -0.843. The third-order valence-electron chi connectivity index (χ3n) is 4.93. The van der Waals surface area contributed by atoms with Crippen LogP contribution >= 0.6 is 8.15 Å². The van der Waals surface area contributed by atoms with Crippen LogP contribution in [0.2, 0.25) is 0 Å². The number of nitrogens with zero attached hydrogens (tertiary/aromatic N) is 1. The van der Waals surface area contributed by atoms with Crippen molar-refractivity contribution in [2.24, 2.45) is 0 Å². The molecule has 1 aliphatic rings. The lowest BCUT2D eigenvalue weighted by molar-refractivity contribution is 0.126. The van der Waals surface area contributed by atoms with Crippen LogP contribution in [0.1, 0.15) is 17.2 Å². The predicted molar refractivity (Wildman–Crippen MR) is 111 cm³/mol. The maximum absolute atomic E-state index is 6.86. The summed E-state index contributed by atoms with van der Waals surface area (Å²) in [6.07, 6.45) is 1.13. The molecule has 3 heteroatoms. The molecule has 2 atom stereocenters. The van der Waals surface area contributed by atoms with Crippen molar-refractivity contribution in [1.82, 2.24) is 4.90 Å². The second-order valence-electron chi connectivity index (χ2n) is 6.92. The van der Waals surface area contributed by atoms with Crippen LogP contribution in [0.3, 0.4) is 0 Å². The summed E-state index contributed by atoms with van der Waals surface area (Å²) in [6, 6.07) is 30.3. The van der Waals surface area contributed by atoms with Crippen molar-refractivity contribution in [3.63, 3.8) is 0 Å². The van der Waals surface area contributed by atoms with Gasteiger partial charge in [-0.1, -0.05) is 84.9 Å². The molecule has 132 valence electrons. The summed E-state index contributed by atoms with van der Waals surface area (Å²) in [5.74, 6) is 0. The molecule has 2 nitrogen and oxygen atoms in total. The van der Waals surface area contributed by atoms with Crippen molar-refractivity contribution in [2.75, 3.05) is 14.1 Å². The van der Waals surface area contributed by atoms with E-state index in [4.69, 9.17) is 4.52 Å². The van der Waals surface area contributed by atoms with Crippen LogP contribution in [0.15, 0.2) is 84.9 Å².